The van der Waals surface area contributed by atoms with Crippen LogP contribution in [0.2, 0.25) is 0 Å². The van der Waals surface area contributed by atoms with Crippen LogP contribution in [-0.2, 0) is 25.7 Å². The Morgan fingerprint density at radius 1 is 0.787 bits per heavy atom. The van der Waals surface area contributed by atoms with Crippen LogP contribution in [0.1, 0.15) is 45.5 Å². The second-order valence-corrected chi connectivity index (χ2v) is 13.1. The molecule has 47 heavy (non-hydrogen) atoms. The number of nitrogens with zero attached hydrogens (tertiary/aromatic N) is 2. The number of benzene rings is 4. The van der Waals surface area contributed by atoms with Gasteiger partial charge in [-0.3, -0.25) is 4.90 Å². The fraction of sp³-hybridized carbons (Fsp3) is 0.351. The number of aromatic hydroxyl groups is 2. The first-order chi connectivity index (χ1) is 21.6. The number of halogens is 2. The molecular weight excluding hydrogens is 639 g/mol. The van der Waals surface area contributed by atoms with Crippen molar-refractivity contribution in [3.63, 3.8) is 0 Å². The summed E-state index contributed by atoms with van der Waals surface area (Å²) in [7, 11) is 9.80. The third kappa shape index (κ3) is 6.27. The van der Waals surface area contributed by atoms with Gasteiger partial charge in [-0.25, -0.2) is 0 Å². The van der Waals surface area contributed by atoms with E-state index in [1.807, 2.05) is 30.3 Å². The number of likely N-dealkylation sites (N-methyl/N-ethyl adjacent to an activating group) is 2. The molecule has 0 amide bonds. The van der Waals surface area contributed by atoms with Crippen LogP contribution in [0.15, 0.2) is 60.7 Å². The van der Waals surface area contributed by atoms with Gasteiger partial charge in [0.1, 0.15) is 11.8 Å². The van der Waals surface area contributed by atoms with Crippen LogP contribution in [0.4, 0.5) is 0 Å². The number of phenolic OH excluding ortho intramolecular Hbond substituents is 2. The van der Waals surface area contributed by atoms with Crippen molar-refractivity contribution in [3.8, 4) is 46.0 Å². The van der Waals surface area contributed by atoms with Crippen molar-refractivity contribution in [2.45, 2.75) is 37.8 Å². The molecule has 0 radical (unpaired) electrons. The number of ether oxygens (including phenoxy) is 4. The van der Waals surface area contributed by atoms with Gasteiger partial charge in [-0.2, -0.15) is 0 Å². The number of hydrogen-bond donors (Lipinski definition) is 2. The number of phenols is 2. The Kier molecular flexibility index (Phi) is 9.81. The zero-order valence-corrected chi connectivity index (χ0v) is 29.0. The lowest BCUT2D eigenvalue weighted by molar-refractivity contribution is -0.923. The normalized spacial score (nSPS) is 19.3. The minimum Gasteiger partial charge on any atom is -0.504 e. The van der Waals surface area contributed by atoms with Crippen molar-refractivity contribution >= 4 is 24.8 Å². The van der Waals surface area contributed by atoms with Gasteiger partial charge in [-0.15, -0.1) is 24.8 Å². The minimum atomic E-state index is -0.0503. The van der Waals surface area contributed by atoms with Crippen molar-refractivity contribution in [1.82, 2.24) is 4.90 Å². The molecule has 8 nitrogen and oxygen atoms in total. The van der Waals surface area contributed by atoms with Gasteiger partial charge in [0.05, 0.1) is 40.4 Å². The smallest absolute Gasteiger partial charge is 0.201 e. The molecule has 0 saturated carbocycles. The average Bonchev–Trinajstić information content (AvgIpc) is 3.03. The lowest BCUT2D eigenvalue weighted by Gasteiger charge is -2.43. The van der Waals surface area contributed by atoms with Crippen LogP contribution >= 0.6 is 24.8 Å². The first-order valence-corrected chi connectivity index (χ1v) is 15.6. The van der Waals surface area contributed by atoms with Crippen LogP contribution in [0, 0.1) is 0 Å². The molecule has 0 fully saturated rings. The molecule has 4 aromatic rings. The third-order valence-corrected chi connectivity index (χ3v) is 9.99. The molecule has 4 aliphatic heterocycles. The Hall–Kier alpha value is -3.82. The molecule has 2 N–H and O–H groups in total. The Morgan fingerprint density at radius 3 is 2.21 bits per heavy atom. The molecule has 4 aromatic carbocycles. The molecule has 250 valence electrons. The molecule has 0 aromatic heterocycles. The van der Waals surface area contributed by atoms with Crippen LogP contribution < -0.4 is 18.9 Å². The summed E-state index contributed by atoms with van der Waals surface area (Å²) in [4.78, 5) is 2.38. The molecule has 4 heterocycles. The first-order valence-electron chi connectivity index (χ1n) is 15.6. The van der Waals surface area contributed by atoms with E-state index in [-0.39, 0.29) is 48.4 Å². The fourth-order valence-corrected chi connectivity index (χ4v) is 7.27. The highest BCUT2D eigenvalue weighted by molar-refractivity contribution is 5.85. The molecular formula is C37H43Cl2N2O6+. The fourth-order valence-electron chi connectivity index (χ4n) is 7.27. The quantitative estimate of drug-likeness (QED) is 0.212. The second-order valence-electron chi connectivity index (χ2n) is 13.1. The lowest BCUT2D eigenvalue weighted by Crippen LogP contribution is -2.48. The maximum Gasteiger partial charge on any atom is 0.201 e. The van der Waals surface area contributed by atoms with Crippen molar-refractivity contribution in [3.05, 3.63) is 94.0 Å². The van der Waals surface area contributed by atoms with Gasteiger partial charge in [0.15, 0.2) is 34.5 Å². The number of rotatable bonds is 2. The largest absolute Gasteiger partial charge is 0.504 e. The van der Waals surface area contributed by atoms with E-state index < -0.39 is 0 Å². The first kappa shape index (κ1) is 34.5. The maximum atomic E-state index is 11.5. The Balaban J connectivity index is 0.00000217. The third-order valence-electron chi connectivity index (χ3n) is 9.99. The molecule has 8 rings (SSSR count). The molecule has 0 aliphatic carbocycles. The van der Waals surface area contributed by atoms with E-state index >= 15 is 0 Å². The number of fused-ring (bicyclic) bond motifs is 2. The number of hydrogen-bond acceptors (Lipinski definition) is 7. The topological polar surface area (TPSA) is 80.6 Å². The van der Waals surface area contributed by atoms with Crippen LogP contribution in [0.25, 0.3) is 0 Å². The Morgan fingerprint density at radius 2 is 1.49 bits per heavy atom. The minimum absolute atomic E-state index is 0. The maximum absolute atomic E-state index is 11.5. The summed E-state index contributed by atoms with van der Waals surface area (Å²) in [5.74, 6) is 3.14. The Labute approximate surface area is 288 Å². The van der Waals surface area contributed by atoms with Gasteiger partial charge in [0.2, 0.25) is 5.75 Å². The van der Waals surface area contributed by atoms with Crippen LogP contribution in [0.3, 0.4) is 0 Å². The van der Waals surface area contributed by atoms with E-state index in [9.17, 15) is 10.2 Å². The summed E-state index contributed by atoms with van der Waals surface area (Å²) in [6.45, 7) is 1.84. The highest BCUT2D eigenvalue weighted by Gasteiger charge is 2.41. The van der Waals surface area contributed by atoms with Gasteiger partial charge < -0.3 is 33.6 Å². The van der Waals surface area contributed by atoms with E-state index in [1.165, 1.54) is 16.7 Å². The standard InChI is InChI=1S/C37H40N2O6.2ClH/c1-38-14-12-24-19-32(42-4)33-21-27(24)28(38)16-22-6-9-26(10-7-22)44-37-35-25(20-34(43-5)36(37)41)13-15-39(2,3)29(35)17-23-8-11-30(40)31(18-23)45-33;;/h6-11,18-21,28-29H,12-17H2,1-5H3,(H-,40,41);2*1H/p+1. The summed E-state index contributed by atoms with van der Waals surface area (Å²) in [6, 6.07) is 19.9. The van der Waals surface area contributed by atoms with Crippen molar-refractivity contribution in [2.24, 2.45) is 0 Å². The van der Waals surface area contributed by atoms with E-state index in [0.29, 0.717) is 45.4 Å². The van der Waals surface area contributed by atoms with Gasteiger partial charge in [-0.05, 0) is 90.2 Å². The van der Waals surface area contributed by atoms with Gasteiger partial charge >= 0.3 is 0 Å². The van der Waals surface area contributed by atoms with Crippen molar-refractivity contribution < 1.29 is 33.6 Å². The number of methoxy groups -OCH3 is 2. The number of quaternary nitrogens is 1. The summed E-state index contributed by atoms with van der Waals surface area (Å²) in [6.07, 6.45) is 3.16. The van der Waals surface area contributed by atoms with Gasteiger partial charge in [-0.1, -0.05) is 18.2 Å². The predicted octanol–water partition coefficient (Wildman–Crippen LogP) is 7.54. The second kappa shape index (κ2) is 13.4. The van der Waals surface area contributed by atoms with Gasteiger partial charge in [0.25, 0.3) is 0 Å². The van der Waals surface area contributed by atoms with Crippen molar-refractivity contribution in [1.29, 1.82) is 0 Å². The van der Waals surface area contributed by atoms with E-state index in [1.54, 1.807) is 20.3 Å². The van der Waals surface area contributed by atoms with Crippen LogP contribution in [0.5, 0.6) is 46.0 Å². The molecule has 0 saturated heterocycles. The molecule has 10 heteroatoms. The summed E-state index contributed by atoms with van der Waals surface area (Å²) in [5.41, 5.74) is 6.66. The monoisotopic (exact) mass is 681 g/mol. The molecule has 2 unspecified atom stereocenters. The lowest BCUT2D eigenvalue weighted by atomic mass is 9.86. The predicted molar refractivity (Wildman–Crippen MR) is 187 cm³/mol. The molecule has 4 aliphatic rings. The zero-order chi connectivity index (χ0) is 31.5. The molecule has 0 spiro atoms. The van der Waals surface area contributed by atoms with Crippen LogP contribution in [-0.4, -0.2) is 68.0 Å². The van der Waals surface area contributed by atoms with E-state index in [4.69, 9.17) is 18.9 Å². The SMILES string of the molecule is COc1cc2c3cc1Oc1cc(ccc1O)CC1c4c(cc(OC)c(O)c4Oc4ccc(cc4)CC3N(C)CC2)CC[N+]1(C)C.Cl.Cl. The zero-order valence-electron chi connectivity index (χ0n) is 27.4. The van der Waals surface area contributed by atoms with Gasteiger partial charge in [0, 0.05) is 25.4 Å². The molecule has 2 atom stereocenters. The molecule has 6 bridgehead atoms. The summed E-state index contributed by atoms with van der Waals surface area (Å²) < 4.78 is 25.2. The average molecular weight is 683 g/mol. The highest BCUT2D eigenvalue weighted by Crippen LogP contribution is 2.51. The summed E-state index contributed by atoms with van der Waals surface area (Å²) in [5, 5.41) is 22.4. The van der Waals surface area contributed by atoms with Crippen molar-refractivity contribution in [2.75, 3.05) is 48.5 Å². The van der Waals surface area contributed by atoms with E-state index in [2.05, 4.69) is 50.3 Å². The summed E-state index contributed by atoms with van der Waals surface area (Å²) >= 11 is 0. The van der Waals surface area contributed by atoms with E-state index in [0.717, 1.165) is 49.0 Å². The Bertz CT molecular complexity index is 1780. The highest BCUT2D eigenvalue weighted by atomic mass is 35.5.